The van der Waals surface area contributed by atoms with Gasteiger partial charge >= 0.3 is 0 Å². The summed E-state index contributed by atoms with van der Waals surface area (Å²) in [4.78, 5) is 16.5. The lowest BCUT2D eigenvalue weighted by Gasteiger charge is -2.06. The molecule has 0 saturated carbocycles. The number of unbranched alkanes of at least 4 members (excludes halogenated alkanes) is 13. The topological polar surface area (TPSA) is 42.0 Å². The first kappa shape index (κ1) is 22.7. The summed E-state index contributed by atoms with van der Waals surface area (Å²) in [5, 5.41) is 3.00. The average Bonchev–Trinajstić information content (AvgIpc) is 2.68. The van der Waals surface area contributed by atoms with E-state index in [0.717, 1.165) is 18.4 Å². The van der Waals surface area contributed by atoms with E-state index in [-0.39, 0.29) is 5.78 Å². The zero-order valence-electron chi connectivity index (χ0n) is 17.2. The summed E-state index contributed by atoms with van der Waals surface area (Å²) in [7, 11) is 1.81. The lowest BCUT2D eigenvalue weighted by Crippen LogP contribution is -2.05. The Bertz CT molecular complexity index is 473. The maximum atomic E-state index is 12.3. The molecule has 1 heterocycles. The third-order valence-electron chi connectivity index (χ3n) is 5.10. The summed E-state index contributed by atoms with van der Waals surface area (Å²) >= 11 is 0. The van der Waals surface area contributed by atoms with Crippen LogP contribution in [0.5, 0.6) is 0 Å². The van der Waals surface area contributed by atoms with Crippen molar-refractivity contribution in [3.05, 3.63) is 23.9 Å². The number of rotatable bonds is 17. The minimum atomic E-state index is 0.210. The highest BCUT2D eigenvalue weighted by Crippen LogP contribution is 2.16. The van der Waals surface area contributed by atoms with Crippen LogP contribution in [0.3, 0.4) is 0 Å². The highest BCUT2D eigenvalue weighted by Gasteiger charge is 2.10. The Hall–Kier alpha value is -1.38. The van der Waals surface area contributed by atoms with Crippen molar-refractivity contribution < 1.29 is 4.79 Å². The van der Waals surface area contributed by atoms with Crippen LogP contribution < -0.4 is 5.32 Å². The van der Waals surface area contributed by atoms with Crippen molar-refractivity contribution in [1.29, 1.82) is 0 Å². The van der Waals surface area contributed by atoms with Gasteiger partial charge in [0, 0.05) is 19.7 Å². The number of nitrogens with one attached hydrogen (secondary N) is 1. The fraction of sp³-hybridized carbons (Fsp3) is 0.739. The van der Waals surface area contributed by atoms with E-state index < -0.39 is 0 Å². The molecular weight excluding hydrogens is 320 g/mol. The van der Waals surface area contributed by atoms with Crippen LogP contribution in [0.4, 0.5) is 5.82 Å². The van der Waals surface area contributed by atoms with Gasteiger partial charge in [0.15, 0.2) is 5.78 Å². The minimum Gasteiger partial charge on any atom is -0.373 e. The number of hydrogen-bond acceptors (Lipinski definition) is 3. The van der Waals surface area contributed by atoms with E-state index in [2.05, 4.69) is 17.2 Å². The molecule has 3 heteroatoms. The molecule has 0 aliphatic carbocycles. The number of nitrogens with zero attached hydrogens (tertiary/aromatic N) is 1. The predicted octanol–water partition coefficient (Wildman–Crippen LogP) is 7.18. The van der Waals surface area contributed by atoms with Gasteiger partial charge in [0.1, 0.15) is 5.82 Å². The highest BCUT2D eigenvalue weighted by atomic mass is 16.1. The first-order valence-corrected chi connectivity index (χ1v) is 11.0. The van der Waals surface area contributed by atoms with Gasteiger partial charge in [-0.1, -0.05) is 90.4 Å². The molecule has 148 valence electrons. The summed E-state index contributed by atoms with van der Waals surface area (Å²) in [6, 6.07) is 3.70. The van der Waals surface area contributed by atoms with Crippen LogP contribution in [-0.4, -0.2) is 17.8 Å². The standard InChI is InChI=1S/C23H40N2O/c1-3-4-5-6-7-8-9-10-11-12-13-14-15-16-19-22(26)21-18-17-20-25-23(21)24-2/h17-18,20H,3-16,19H2,1-2H3,(H,24,25). The second-order valence-corrected chi connectivity index (χ2v) is 7.42. The first-order valence-electron chi connectivity index (χ1n) is 11.0. The Morgan fingerprint density at radius 3 is 1.85 bits per heavy atom. The van der Waals surface area contributed by atoms with Gasteiger partial charge in [-0.05, 0) is 18.6 Å². The molecule has 0 atom stereocenters. The Morgan fingerprint density at radius 2 is 1.35 bits per heavy atom. The molecule has 1 N–H and O–H groups in total. The molecular formula is C23H40N2O. The lowest BCUT2D eigenvalue weighted by molar-refractivity contribution is 0.0979. The van der Waals surface area contributed by atoms with Crippen LogP contribution in [0.2, 0.25) is 0 Å². The lowest BCUT2D eigenvalue weighted by atomic mass is 10.0. The van der Waals surface area contributed by atoms with Gasteiger partial charge in [0.25, 0.3) is 0 Å². The summed E-state index contributed by atoms with van der Waals surface area (Å²) in [5.74, 6) is 0.907. The van der Waals surface area contributed by atoms with Crippen molar-refractivity contribution in [2.45, 2.75) is 103 Å². The second kappa shape index (κ2) is 15.8. The number of carbonyl (C=O) groups excluding carboxylic acids is 1. The Balaban J connectivity index is 1.91. The van der Waals surface area contributed by atoms with E-state index in [1.165, 1.54) is 77.0 Å². The third-order valence-corrected chi connectivity index (χ3v) is 5.10. The van der Waals surface area contributed by atoms with Crippen LogP contribution in [0.15, 0.2) is 18.3 Å². The number of anilines is 1. The van der Waals surface area contributed by atoms with Crippen LogP contribution >= 0.6 is 0 Å². The van der Waals surface area contributed by atoms with Crippen molar-refractivity contribution in [3.8, 4) is 0 Å². The largest absolute Gasteiger partial charge is 0.373 e. The quantitative estimate of drug-likeness (QED) is 0.236. The van der Waals surface area contributed by atoms with Gasteiger partial charge in [-0.2, -0.15) is 0 Å². The van der Waals surface area contributed by atoms with Crippen molar-refractivity contribution >= 4 is 11.6 Å². The first-order chi connectivity index (χ1) is 12.8. The van der Waals surface area contributed by atoms with Crippen LogP contribution in [-0.2, 0) is 0 Å². The fourth-order valence-electron chi connectivity index (χ4n) is 3.44. The van der Waals surface area contributed by atoms with E-state index in [4.69, 9.17) is 0 Å². The molecule has 0 bridgehead atoms. The zero-order chi connectivity index (χ0) is 18.9. The number of ketones is 1. The minimum absolute atomic E-state index is 0.210. The Morgan fingerprint density at radius 1 is 0.846 bits per heavy atom. The van der Waals surface area contributed by atoms with Gasteiger partial charge in [-0.15, -0.1) is 0 Å². The molecule has 0 aromatic carbocycles. The molecule has 0 unspecified atom stereocenters. The molecule has 1 aromatic heterocycles. The summed E-state index contributed by atoms with van der Waals surface area (Å²) in [5.41, 5.74) is 0.727. The van der Waals surface area contributed by atoms with Crippen molar-refractivity contribution in [1.82, 2.24) is 4.98 Å². The van der Waals surface area contributed by atoms with Gasteiger partial charge in [-0.25, -0.2) is 4.98 Å². The molecule has 1 rings (SSSR count). The number of aromatic nitrogens is 1. The van der Waals surface area contributed by atoms with E-state index in [1.807, 2.05) is 19.2 Å². The maximum absolute atomic E-state index is 12.3. The van der Waals surface area contributed by atoms with Crippen molar-refractivity contribution in [2.75, 3.05) is 12.4 Å². The van der Waals surface area contributed by atoms with E-state index in [1.54, 1.807) is 6.20 Å². The summed E-state index contributed by atoms with van der Waals surface area (Å²) in [6.45, 7) is 2.28. The van der Waals surface area contributed by atoms with Gasteiger partial charge in [-0.3, -0.25) is 4.79 Å². The average molecular weight is 361 g/mol. The van der Waals surface area contributed by atoms with E-state index >= 15 is 0 Å². The molecule has 0 amide bonds. The number of hydrogen-bond donors (Lipinski definition) is 1. The zero-order valence-corrected chi connectivity index (χ0v) is 17.2. The maximum Gasteiger partial charge on any atom is 0.166 e. The molecule has 1 aromatic rings. The van der Waals surface area contributed by atoms with Gasteiger partial charge in [0.2, 0.25) is 0 Å². The van der Waals surface area contributed by atoms with Gasteiger partial charge < -0.3 is 5.32 Å². The molecule has 0 fully saturated rings. The molecule has 26 heavy (non-hydrogen) atoms. The number of pyridine rings is 1. The van der Waals surface area contributed by atoms with Crippen LogP contribution in [0.1, 0.15) is 114 Å². The molecule has 0 radical (unpaired) electrons. The van der Waals surface area contributed by atoms with Crippen LogP contribution in [0.25, 0.3) is 0 Å². The van der Waals surface area contributed by atoms with E-state index in [9.17, 15) is 4.79 Å². The van der Waals surface area contributed by atoms with Crippen LogP contribution in [0, 0.1) is 0 Å². The second-order valence-electron chi connectivity index (χ2n) is 7.42. The van der Waals surface area contributed by atoms with Crippen molar-refractivity contribution in [2.24, 2.45) is 0 Å². The highest BCUT2D eigenvalue weighted by molar-refractivity contribution is 6.00. The predicted molar refractivity (Wildman–Crippen MR) is 113 cm³/mol. The molecule has 0 aliphatic heterocycles. The van der Waals surface area contributed by atoms with Gasteiger partial charge in [0.05, 0.1) is 5.56 Å². The summed E-state index contributed by atoms with van der Waals surface area (Å²) < 4.78 is 0. The summed E-state index contributed by atoms with van der Waals surface area (Å²) in [6.07, 6.45) is 21.1. The Labute approximate surface area is 161 Å². The molecule has 0 aliphatic rings. The third kappa shape index (κ3) is 10.6. The normalized spacial score (nSPS) is 10.8. The molecule has 0 saturated heterocycles. The number of Topliss-reactive ketones (excluding diaryl/α,β-unsaturated/α-hetero) is 1. The monoisotopic (exact) mass is 360 g/mol. The van der Waals surface area contributed by atoms with E-state index in [0.29, 0.717) is 12.2 Å². The number of carbonyl (C=O) groups is 1. The molecule has 3 nitrogen and oxygen atoms in total. The smallest absolute Gasteiger partial charge is 0.166 e. The van der Waals surface area contributed by atoms with Crippen molar-refractivity contribution in [3.63, 3.8) is 0 Å². The Kier molecular flexibility index (Phi) is 13.8. The molecule has 0 spiro atoms. The SMILES string of the molecule is CCCCCCCCCCCCCCCCC(=O)c1cccnc1NC. The fourth-order valence-corrected chi connectivity index (χ4v) is 3.44.